The number of benzene rings is 1. The zero-order chi connectivity index (χ0) is 22.0. The lowest BCUT2D eigenvalue weighted by Gasteiger charge is -2.27. The number of carbonyl (C=O) groups excluding carboxylic acids is 1. The van der Waals surface area contributed by atoms with E-state index in [1.165, 1.54) is 25.7 Å². The smallest absolute Gasteiger partial charge is 0.231 e. The van der Waals surface area contributed by atoms with E-state index in [4.69, 9.17) is 14.5 Å². The lowest BCUT2D eigenvalue weighted by molar-refractivity contribution is -0.133. The second-order valence-electron chi connectivity index (χ2n) is 9.24. The molecule has 31 heavy (non-hydrogen) atoms. The van der Waals surface area contributed by atoms with Crippen molar-refractivity contribution in [2.24, 2.45) is 5.92 Å². The van der Waals surface area contributed by atoms with Gasteiger partial charge in [-0.1, -0.05) is 12.8 Å². The summed E-state index contributed by atoms with van der Waals surface area (Å²) < 4.78 is 11.1. The molecular formula is C24H34N4O3. The second kappa shape index (κ2) is 9.30. The first-order valence-corrected chi connectivity index (χ1v) is 11.2. The fourth-order valence-corrected chi connectivity index (χ4v) is 4.51. The van der Waals surface area contributed by atoms with Gasteiger partial charge in [-0.3, -0.25) is 4.79 Å². The van der Waals surface area contributed by atoms with E-state index in [-0.39, 0.29) is 12.7 Å². The van der Waals surface area contributed by atoms with Gasteiger partial charge in [0.05, 0.1) is 5.52 Å². The van der Waals surface area contributed by atoms with Gasteiger partial charge >= 0.3 is 0 Å². The standard InChI is InChI=1S/C24H34N4O3/c1-26(2)9-10-28(23(29)11-17-7-5-6-8-17)15-19-12-18-13-21-22(31-16-30-21)14-20(18)25-24(19)27(3)4/h12-14,17H,5-11,15-16H2,1-4H3. The Bertz CT molecular complexity index is 938. The number of likely N-dealkylation sites (N-methyl/N-ethyl adjacent to an activating group) is 1. The number of pyridine rings is 1. The number of anilines is 1. The van der Waals surface area contributed by atoms with Crippen LogP contribution in [0.1, 0.15) is 37.7 Å². The number of nitrogens with zero attached hydrogens (tertiary/aromatic N) is 4. The number of carbonyl (C=O) groups is 1. The van der Waals surface area contributed by atoms with Crippen LogP contribution in [0.15, 0.2) is 18.2 Å². The summed E-state index contributed by atoms with van der Waals surface area (Å²) in [5.74, 6) is 3.16. The SMILES string of the molecule is CN(C)CCN(Cc1cc2cc3c(cc2nc1N(C)C)OCO3)C(=O)CC1CCCC1. The molecule has 0 spiro atoms. The second-order valence-corrected chi connectivity index (χ2v) is 9.24. The molecule has 2 heterocycles. The van der Waals surface area contributed by atoms with E-state index in [0.717, 1.165) is 40.3 Å². The summed E-state index contributed by atoms with van der Waals surface area (Å²) in [6.45, 7) is 2.36. The number of hydrogen-bond acceptors (Lipinski definition) is 6. The zero-order valence-electron chi connectivity index (χ0n) is 19.2. The fourth-order valence-electron chi connectivity index (χ4n) is 4.51. The molecule has 0 bridgehead atoms. The molecule has 2 aliphatic rings. The van der Waals surface area contributed by atoms with Gasteiger partial charge in [-0.25, -0.2) is 4.98 Å². The van der Waals surface area contributed by atoms with E-state index in [9.17, 15) is 4.79 Å². The molecule has 2 aromatic rings. The van der Waals surface area contributed by atoms with Crippen molar-refractivity contribution in [2.75, 3.05) is 53.0 Å². The molecule has 0 radical (unpaired) electrons. The number of aromatic nitrogens is 1. The molecule has 1 aromatic heterocycles. The number of hydrogen-bond donors (Lipinski definition) is 0. The van der Waals surface area contributed by atoms with E-state index in [2.05, 4.69) is 11.0 Å². The Balaban J connectivity index is 1.63. The van der Waals surface area contributed by atoms with Crippen LogP contribution in [0.4, 0.5) is 5.82 Å². The molecule has 1 aliphatic heterocycles. The molecule has 1 amide bonds. The molecule has 1 aromatic carbocycles. The largest absolute Gasteiger partial charge is 0.454 e. The van der Waals surface area contributed by atoms with Crippen molar-refractivity contribution >= 4 is 22.6 Å². The zero-order valence-corrected chi connectivity index (χ0v) is 19.2. The van der Waals surface area contributed by atoms with Crippen LogP contribution < -0.4 is 14.4 Å². The quantitative estimate of drug-likeness (QED) is 0.644. The molecule has 168 valence electrons. The molecule has 0 unspecified atom stereocenters. The van der Waals surface area contributed by atoms with Crippen molar-refractivity contribution in [1.82, 2.24) is 14.8 Å². The first kappa shape index (κ1) is 21.7. The van der Waals surface area contributed by atoms with Gasteiger partial charge in [0.25, 0.3) is 0 Å². The van der Waals surface area contributed by atoms with E-state index < -0.39 is 0 Å². The van der Waals surface area contributed by atoms with Crippen LogP contribution in [0, 0.1) is 5.92 Å². The van der Waals surface area contributed by atoms with Gasteiger partial charge < -0.3 is 24.2 Å². The van der Waals surface area contributed by atoms with E-state index in [0.29, 0.717) is 25.4 Å². The van der Waals surface area contributed by atoms with E-state index in [1.54, 1.807) is 0 Å². The monoisotopic (exact) mass is 426 g/mol. The van der Waals surface area contributed by atoms with Crippen molar-refractivity contribution in [3.63, 3.8) is 0 Å². The average Bonchev–Trinajstić information content (AvgIpc) is 3.39. The highest BCUT2D eigenvalue weighted by Crippen LogP contribution is 2.37. The number of amides is 1. The minimum atomic E-state index is 0.243. The summed E-state index contributed by atoms with van der Waals surface area (Å²) in [7, 11) is 8.08. The summed E-state index contributed by atoms with van der Waals surface area (Å²) in [5.41, 5.74) is 1.92. The Hall–Kier alpha value is -2.54. The molecule has 0 saturated heterocycles. The van der Waals surface area contributed by atoms with E-state index in [1.807, 2.05) is 50.1 Å². The topological polar surface area (TPSA) is 58.1 Å². The van der Waals surface area contributed by atoms with Gasteiger partial charge in [-0.05, 0) is 45.0 Å². The van der Waals surface area contributed by atoms with Crippen molar-refractivity contribution in [1.29, 1.82) is 0 Å². The lowest BCUT2D eigenvalue weighted by Crippen LogP contribution is -2.37. The molecule has 1 aliphatic carbocycles. The third-order valence-corrected chi connectivity index (χ3v) is 6.26. The number of fused-ring (bicyclic) bond motifs is 2. The maximum Gasteiger partial charge on any atom is 0.231 e. The molecule has 7 nitrogen and oxygen atoms in total. The van der Waals surface area contributed by atoms with E-state index >= 15 is 0 Å². The highest BCUT2D eigenvalue weighted by atomic mass is 16.7. The summed E-state index contributed by atoms with van der Waals surface area (Å²) in [6, 6.07) is 6.06. The summed E-state index contributed by atoms with van der Waals surface area (Å²) in [4.78, 5) is 24.3. The summed E-state index contributed by atoms with van der Waals surface area (Å²) in [5, 5.41) is 1.00. The van der Waals surface area contributed by atoms with Crippen LogP contribution in [-0.4, -0.2) is 68.8 Å². The molecule has 4 rings (SSSR count). The number of rotatable bonds is 8. The first-order chi connectivity index (χ1) is 14.9. The third-order valence-electron chi connectivity index (χ3n) is 6.26. The predicted molar refractivity (Wildman–Crippen MR) is 123 cm³/mol. The average molecular weight is 427 g/mol. The van der Waals surface area contributed by atoms with Crippen molar-refractivity contribution in [2.45, 2.75) is 38.6 Å². The fraction of sp³-hybridized carbons (Fsp3) is 0.583. The van der Waals surface area contributed by atoms with Crippen molar-refractivity contribution in [3.05, 3.63) is 23.8 Å². The van der Waals surface area contributed by atoms with Crippen LogP contribution in [-0.2, 0) is 11.3 Å². The summed E-state index contributed by atoms with van der Waals surface area (Å²) in [6.07, 6.45) is 5.53. The highest BCUT2D eigenvalue weighted by Gasteiger charge is 2.24. The van der Waals surface area contributed by atoms with Gasteiger partial charge in [0, 0.05) is 57.2 Å². The van der Waals surface area contributed by atoms with Crippen LogP contribution in [0.3, 0.4) is 0 Å². The number of ether oxygens (including phenoxy) is 2. The molecular weight excluding hydrogens is 392 g/mol. The predicted octanol–water partition coefficient (Wildman–Crippen LogP) is 3.50. The Kier molecular flexibility index (Phi) is 6.51. The van der Waals surface area contributed by atoms with Gasteiger partial charge in [0.15, 0.2) is 11.5 Å². The van der Waals surface area contributed by atoms with Crippen LogP contribution in [0.25, 0.3) is 10.9 Å². The van der Waals surface area contributed by atoms with Crippen molar-refractivity contribution < 1.29 is 14.3 Å². The van der Waals surface area contributed by atoms with Gasteiger partial charge in [-0.2, -0.15) is 0 Å². The van der Waals surface area contributed by atoms with Crippen LogP contribution >= 0.6 is 0 Å². The van der Waals surface area contributed by atoms with Crippen LogP contribution in [0.5, 0.6) is 11.5 Å². The summed E-state index contributed by atoms with van der Waals surface area (Å²) >= 11 is 0. The molecule has 1 fully saturated rings. The maximum atomic E-state index is 13.3. The van der Waals surface area contributed by atoms with Crippen molar-refractivity contribution in [3.8, 4) is 11.5 Å². The Morgan fingerprint density at radius 1 is 1.03 bits per heavy atom. The highest BCUT2D eigenvalue weighted by molar-refractivity contribution is 5.86. The van der Waals surface area contributed by atoms with Gasteiger partial charge in [-0.15, -0.1) is 0 Å². The Morgan fingerprint density at radius 3 is 2.42 bits per heavy atom. The molecule has 1 saturated carbocycles. The third kappa shape index (κ3) is 5.03. The normalized spacial score (nSPS) is 15.8. The maximum absolute atomic E-state index is 13.3. The van der Waals surface area contributed by atoms with Gasteiger partial charge in [0.1, 0.15) is 5.82 Å². The molecule has 0 atom stereocenters. The van der Waals surface area contributed by atoms with Crippen LogP contribution in [0.2, 0.25) is 0 Å². The molecule has 7 heteroatoms. The lowest BCUT2D eigenvalue weighted by atomic mass is 10.0. The van der Waals surface area contributed by atoms with Gasteiger partial charge in [0.2, 0.25) is 12.7 Å². The first-order valence-electron chi connectivity index (χ1n) is 11.2. The minimum Gasteiger partial charge on any atom is -0.454 e. The Morgan fingerprint density at radius 2 is 1.74 bits per heavy atom. The minimum absolute atomic E-state index is 0.243. The Labute approximate surface area is 184 Å². The molecule has 0 N–H and O–H groups in total.